The van der Waals surface area contributed by atoms with E-state index in [0.717, 1.165) is 43.1 Å². The Labute approximate surface area is 198 Å². The molecule has 0 radical (unpaired) electrons. The van der Waals surface area contributed by atoms with Crippen LogP contribution in [-0.2, 0) is 22.6 Å². The fraction of sp³-hybridized carbons (Fsp3) is 0.583. The van der Waals surface area contributed by atoms with E-state index in [-0.39, 0.29) is 12.5 Å². The Balaban J connectivity index is 1.35. The largest absolute Gasteiger partial charge is 0.411 e. The maximum atomic E-state index is 12.5. The summed E-state index contributed by atoms with van der Waals surface area (Å²) in [5.74, 6) is -0.0244. The molecule has 7 nitrogen and oxygen atoms in total. The highest BCUT2D eigenvalue weighted by atomic mass is 19.4. The number of ether oxygens (including phenoxy) is 1. The van der Waals surface area contributed by atoms with E-state index in [4.69, 9.17) is 0 Å². The molecule has 1 saturated heterocycles. The van der Waals surface area contributed by atoms with Crippen molar-refractivity contribution in [2.45, 2.75) is 39.5 Å². The van der Waals surface area contributed by atoms with E-state index in [9.17, 15) is 18.0 Å². The second-order valence-corrected chi connectivity index (χ2v) is 8.71. The first kappa shape index (κ1) is 26.2. The normalized spacial score (nSPS) is 15.6. The van der Waals surface area contributed by atoms with Crippen LogP contribution in [0.1, 0.15) is 28.9 Å². The minimum Gasteiger partial charge on any atom is -0.372 e. The lowest BCUT2D eigenvalue weighted by Gasteiger charge is -2.34. The number of amides is 1. The number of rotatable bonds is 11. The van der Waals surface area contributed by atoms with Crippen LogP contribution in [-0.4, -0.2) is 84.1 Å². The van der Waals surface area contributed by atoms with Gasteiger partial charge in [0.1, 0.15) is 6.61 Å². The predicted molar refractivity (Wildman–Crippen MR) is 123 cm³/mol. The molecule has 0 atom stereocenters. The van der Waals surface area contributed by atoms with Crippen LogP contribution in [0.4, 0.5) is 13.2 Å². The van der Waals surface area contributed by atoms with Crippen LogP contribution in [0.3, 0.4) is 0 Å². The molecule has 0 saturated carbocycles. The Kier molecular flexibility index (Phi) is 9.49. The number of carbonyl (C=O) groups is 1. The van der Waals surface area contributed by atoms with E-state index in [1.807, 2.05) is 36.7 Å². The monoisotopic (exact) mass is 481 g/mol. The first-order valence-electron chi connectivity index (χ1n) is 11.6. The van der Waals surface area contributed by atoms with Gasteiger partial charge >= 0.3 is 6.18 Å². The molecule has 2 heterocycles. The molecular formula is C24H34F3N5O2. The summed E-state index contributed by atoms with van der Waals surface area (Å²) in [5.41, 5.74) is 4.19. The van der Waals surface area contributed by atoms with Crippen molar-refractivity contribution < 1.29 is 22.7 Å². The minimum absolute atomic E-state index is 0.0244. The molecule has 0 unspecified atom stereocenters. The smallest absolute Gasteiger partial charge is 0.372 e. The molecule has 0 aliphatic carbocycles. The molecule has 0 spiro atoms. The lowest BCUT2D eigenvalue weighted by Crippen LogP contribution is -2.49. The van der Waals surface area contributed by atoms with Crippen LogP contribution < -0.4 is 5.32 Å². The number of piperazine rings is 1. The fourth-order valence-electron chi connectivity index (χ4n) is 4.10. The zero-order valence-corrected chi connectivity index (χ0v) is 19.9. The number of halogens is 3. The van der Waals surface area contributed by atoms with Gasteiger partial charge in [-0.15, -0.1) is 0 Å². The first-order chi connectivity index (χ1) is 16.2. The zero-order valence-electron chi connectivity index (χ0n) is 19.9. The molecule has 1 N–H and O–H groups in total. The summed E-state index contributed by atoms with van der Waals surface area (Å²) >= 11 is 0. The van der Waals surface area contributed by atoms with Crippen LogP contribution in [0.25, 0.3) is 0 Å². The number of alkyl halides is 3. The Morgan fingerprint density at radius 3 is 2.44 bits per heavy atom. The number of aromatic nitrogens is 2. The molecule has 188 valence electrons. The molecule has 10 heteroatoms. The van der Waals surface area contributed by atoms with Gasteiger partial charge in [0.15, 0.2) is 0 Å². The number of carbonyl (C=O) groups excluding carboxylic acids is 1. The molecule has 3 rings (SSSR count). The lowest BCUT2D eigenvalue weighted by molar-refractivity contribution is -0.174. The number of nitrogens with zero attached hydrogens (tertiary/aromatic N) is 4. The number of nitrogens with one attached hydrogen (secondary N) is 1. The number of benzene rings is 1. The summed E-state index contributed by atoms with van der Waals surface area (Å²) in [5, 5.41) is 7.66. The predicted octanol–water partition coefficient (Wildman–Crippen LogP) is 2.75. The van der Waals surface area contributed by atoms with E-state index in [0.29, 0.717) is 32.6 Å². The van der Waals surface area contributed by atoms with Gasteiger partial charge in [0.05, 0.1) is 18.8 Å². The summed E-state index contributed by atoms with van der Waals surface area (Å²) in [6, 6.07) is 10.1. The molecule has 1 amide bonds. The topological polar surface area (TPSA) is 62.6 Å². The van der Waals surface area contributed by atoms with E-state index in [1.54, 1.807) is 0 Å². The summed E-state index contributed by atoms with van der Waals surface area (Å²) in [6.45, 7) is 8.15. The number of hydrogen-bond acceptors (Lipinski definition) is 5. The van der Waals surface area contributed by atoms with E-state index < -0.39 is 12.8 Å². The molecule has 1 aliphatic rings. The van der Waals surface area contributed by atoms with Crippen LogP contribution in [0.2, 0.25) is 0 Å². The van der Waals surface area contributed by atoms with Gasteiger partial charge in [-0.1, -0.05) is 30.3 Å². The average Bonchev–Trinajstić information content (AvgIpc) is 3.05. The standard InChI is InChI=1S/C24H34F3N5O2/c1-19-22(20(2)32(29-19)16-21-7-4-3-5-8-21)15-28-23(33)17-31-12-10-30(11-13-31)9-6-14-34-18-24(25,26)27/h3-5,7-8H,6,9-18H2,1-2H3,(H,28,33). The van der Waals surface area contributed by atoms with Crippen molar-refractivity contribution in [2.75, 3.05) is 52.5 Å². The average molecular weight is 482 g/mol. The Bertz CT molecular complexity index is 909. The van der Waals surface area contributed by atoms with Crippen LogP contribution in [0, 0.1) is 13.8 Å². The first-order valence-corrected chi connectivity index (χ1v) is 11.6. The third kappa shape index (κ3) is 8.41. The van der Waals surface area contributed by atoms with Crippen LogP contribution in [0.15, 0.2) is 30.3 Å². The molecule has 2 aromatic rings. The van der Waals surface area contributed by atoms with E-state index in [1.165, 1.54) is 5.56 Å². The maximum Gasteiger partial charge on any atom is 0.411 e. The minimum atomic E-state index is -4.27. The number of aryl methyl sites for hydroxylation is 1. The molecular weight excluding hydrogens is 447 g/mol. The van der Waals surface area contributed by atoms with Gasteiger partial charge in [0.2, 0.25) is 5.91 Å². The highest BCUT2D eigenvalue weighted by Crippen LogP contribution is 2.15. The van der Waals surface area contributed by atoms with Gasteiger partial charge in [0, 0.05) is 57.1 Å². The van der Waals surface area contributed by atoms with Crippen molar-refractivity contribution in [1.29, 1.82) is 0 Å². The highest BCUT2D eigenvalue weighted by molar-refractivity contribution is 5.78. The van der Waals surface area contributed by atoms with Gasteiger partial charge < -0.3 is 15.0 Å². The summed E-state index contributed by atoms with van der Waals surface area (Å²) < 4.78 is 42.9. The van der Waals surface area contributed by atoms with Crippen molar-refractivity contribution in [1.82, 2.24) is 24.9 Å². The second-order valence-electron chi connectivity index (χ2n) is 8.71. The molecule has 1 aromatic carbocycles. The van der Waals surface area contributed by atoms with E-state index in [2.05, 4.69) is 37.1 Å². The molecule has 1 fully saturated rings. The molecule has 1 aromatic heterocycles. The van der Waals surface area contributed by atoms with Crippen LogP contribution in [0.5, 0.6) is 0 Å². The number of hydrogen-bond donors (Lipinski definition) is 1. The fourth-order valence-corrected chi connectivity index (χ4v) is 4.10. The van der Waals surface area contributed by atoms with Gasteiger partial charge in [-0.25, -0.2) is 0 Å². The zero-order chi connectivity index (χ0) is 24.6. The Morgan fingerprint density at radius 2 is 1.76 bits per heavy atom. The Morgan fingerprint density at radius 1 is 1.09 bits per heavy atom. The third-order valence-corrected chi connectivity index (χ3v) is 6.03. The van der Waals surface area contributed by atoms with Crippen molar-refractivity contribution in [3.63, 3.8) is 0 Å². The van der Waals surface area contributed by atoms with Crippen LogP contribution >= 0.6 is 0 Å². The Hall–Kier alpha value is -2.43. The summed E-state index contributed by atoms with van der Waals surface area (Å²) in [6.07, 6.45) is -3.71. The SMILES string of the molecule is Cc1nn(Cc2ccccc2)c(C)c1CNC(=O)CN1CCN(CCCOCC(F)(F)F)CC1. The summed E-state index contributed by atoms with van der Waals surface area (Å²) in [4.78, 5) is 16.8. The molecule has 1 aliphatic heterocycles. The summed E-state index contributed by atoms with van der Waals surface area (Å²) in [7, 11) is 0. The van der Waals surface area contributed by atoms with E-state index >= 15 is 0 Å². The van der Waals surface area contributed by atoms with Gasteiger partial charge in [-0.05, 0) is 25.8 Å². The third-order valence-electron chi connectivity index (χ3n) is 6.03. The van der Waals surface area contributed by atoms with Crippen molar-refractivity contribution in [3.05, 3.63) is 52.8 Å². The van der Waals surface area contributed by atoms with Gasteiger partial charge in [0.25, 0.3) is 0 Å². The highest BCUT2D eigenvalue weighted by Gasteiger charge is 2.27. The quantitative estimate of drug-likeness (QED) is 0.500. The molecule has 0 bridgehead atoms. The van der Waals surface area contributed by atoms with Gasteiger partial charge in [-0.3, -0.25) is 14.4 Å². The van der Waals surface area contributed by atoms with Crippen molar-refractivity contribution in [3.8, 4) is 0 Å². The second kappa shape index (κ2) is 12.3. The lowest BCUT2D eigenvalue weighted by atomic mass is 10.2. The maximum absolute atomic E-state index is 12.5. The van der Waals surface area contributed by atoms with Gasteiger partial charge in [-0.2, -0.15) is 18.3 Å². The van der Waals surface area contributed by atoms with Crippen molar-refractivity contribution >= 4 is 5.91 Å². The molecule has 34 heavy (non-hydrogen) atoms. The van der Waals surface area contributed by atoms with Crippen molar-refractivity contribution in [2.24, 2.45) is 0 Å².